The van der Waals surface area contributed by atoms with Crippen molar-refractivity contribution in [3.8, 4) is 0 Å². The molecule has 0 aromatic carbocycles. The van der Waals surface area contributed by atoms with Crippen molar-refractivity contribution in [2.24, 2.45) is 0 Å². The van der Waals surface area contributed by atoms with Crippen molar-refractivity contribution in [3.05, 3.63) is 12.7 Å². The summed E-state index contributed by atoms with van der Waals surface area (Å²) in [6.45, 7) is 10.0. The van der Waals surface area contributed by atoms with Gasteiger partial charge < -0.3 is 18.6 Å². The summed E-state index contributed by atoms with van der Waals surface area (Å²) >= 11 is 0. The molecule has 0 aliphatic heterocycles. The second-order valence-corrected chi connectivity index (χ2v) is 6.56. The number of hydrogen-bond acceptors (Lipinski definition) is 5. The Labute approximate surface area is 137 Å². The highest BCUT2D eigenvalue weighted by molar-refractivity contribution is 6.26. The lowest BCUT2D eigenvalue weighted by atomic mass is 10.3. The molecule has 0 aliphatic carbocycles. The molecule has 0 bridgehead atoms. The first-order valence-electron chi connectivity index (χ1n) is 8.34. The zero-order valence-corrected chi connectivity index (χ0v) is 15.6. The van der Waals surface area contributed by atoms with E-state index in [4.69, 9.17) is 18.6 Å². The normalized spacial score (nSPS) is 11.4. The maximum Gasteiger partial charge on any atom is 0.330 e. The van der Waals surface area contributed by atoms with Gasteiger partial charge >= 0.3 is 5.97 Å². The predicted octanol–water partition coefficient (Wildman–Crippen LogP) is 2.58. The Kier molecular flexibility index (Phi) is 16.1. The molecule has 0 rings (SSSR count). The molecule has 5 nitrogen and oxygen atoms in total. The summed E-state index contributed by atoms with van der Waals surface area (Å²) in [6.07, 6.45) is 6.08. The van der Waals surface area contributed by atoms with Crippen molar-refractivity contribution in [1.82, 2.24) is 0 Å². The quantitative estimate of drug-likeness (QED) is 0.143. The van der Waals surface area contributed by atoms with Crippen LogP contribution in [0, 0.1) is 0 Å². The fourth-order valence-electron chi connectivity index (χ4n) is 1.58. The predicted molar refractivity (Wildman–Crippen MR) is 90.6 cm³/mol. The lowest BCUT2D eigenvalue weighted by Gasteiger charge is -2.18. The van der Waals surface area contributed by atoms with Crippen molar-refractivity contribution in [3.63, 3.8) is 0 Å². The van der Waals surface area contributed by atoms with Crippen LogP contribution in [0.1, 0.15) is 46.0 Å². The number of unbranched alkanes of at least 4 members (excludes halogenated alkanes) is 2. The van der Waals surface area contributed by atoms with Gasteiger partial charge in [0.2, 0.25) is 0 Å². The average Bonchev–Trinajstić information content (AvgIpc) is 2.53. The number of carbonyl (C=O) groups is 1. The van der Waals surface area contributed by atoms with Gasteiger partial charge in [-0.1, -0.05) is 33.3 Å². The third-order valence-corrected chi connectivity index (χ3v) is 4.26. The fraction of sp³-hybridized carbons (Fsp3) is 0.812. The maximum absolute atomic E-state index is 10.8. The van der Waals surface area contributed by atoms with E-state index in [0.29, 0.717) is 13.2 Å². The number of esters is 1. The van der Waals surface area contributed by atoms with Crippen LogP contribution in [0.5, 0.6) is 0 Å². The van der Waals surface area contributed by atoms with Crippen LogP contribution in [0.4, 0.5) is 0 Å². The van der Waals surface area contributed by atoms with Crippen molar-refractivity contribution < 1.29 is 23.4 Å². The summed E-state index contributed by atoms with van der Waals surface area (Å²) in [5.41, 5.74) is 0. The lowest BCUT2D eigenvalue weighted by molar-refractivity contribution is -0.159. The Morgan fingerprint density at radius 1 is 1.09 bits per heavy atom. The van der Waals surface area contributed by atoms with E-state index in [0.717, 1.165) is 51.4 Å². The second-order valence-electron chi connectivity index (χ2n) is 5.03. The van der Waals surface area contributed by atoms with Gasteiger partial charge in [0.25, 0.3) is 0 Å². The summed E-state index contributed by atoms with van der Waals surface area (Å²) in [5.74, 6) is -0.365. The van der Waals surface area contributed by atoms with Crippen LogP contribution in [-0.2, 0) is 23.4 Å². The second kappa shape index (κ2) is 16.7. The number of carbonyl (C=O) groups excluding carboxylic acids is 1. The molecule has 0 fully saturated rings. The van der Waals surface area contributed by atoms with Crippen LogP contribution in [0.3, 0.4) is 0 Å². The summed E-state index contributed by atoms with van der Waals surface area (Å²) in [6, 6.07) is 0.973. The average molecular weight is 333 g/mol. The largest absolute Gasteiger partial charge is 0.463 e. The Morgan fingerprint density at radius 3 is 2.27 bits per heavy atom. The first-order valence-corrected chi connectivity index (χ1v) is 9.92. The minimum absolute atomic E-state index is 0.246. The molecular formula is C16H32O5Si. The Bertz CT molecular complexity index is 263. The van der Waals surface area contributed by atoms with Gasteiger partial charge in [-0.3, -0.25) is 0 Å². The summed E-state index contributed by atoms with van der Waals surface area (Å²) in [5, 5.41) is 0. The molecular weight excluding hydrogens is 300 g/mol. The van der Waals surface area contributed by atoms with Crippen LogP contribution in [0.2, 0.25) is 6.04 Å². The van der Waals surface area contributed by atoms with E-state index in [9.17, 15) is 4.79 Å². The Balaban J connectivity index is 3.63. The molecule has 0 saturated heterocycles. The van der Waals surface area contributed by atoms with Gasteiger partial charge in [-0.05, 0) is 25.3 Å². The van der Waals surface area contributed by atoms with Gasteiger partial charge in [0.15, 0.2) is 16.1 Å². The van der Waals surface area contributed by atoms with Crippen molar-refractivity contribution in [1.29, 1.82) is 0 Å². The molecule has 0 N–H and O–H groups in total. The van der Waals surface area contributed by atoms with Crippen LogP contribution < -0.4 is 0 Å². The maximum atomic E-state index is 10.8. The highest BCUT2D eigenvalue weighted by atomic mass is 28.2. The van der Waals surface area contributed by atoms with E-state index in [1.165, 1.54) is 6.08 Å². The van der Waals surface area contributed by atoms with E-state index < -0.39 is 9.76 Å². The Hall–Kier alpha value is -0.693. The number of ether oxygens (including phenoxy) is 3. The first kappa shape index (κ1) is 21.3. The topological polar surface area (TPSA) is 54.0 Å². The minimum atomic E-state index is -0.617. The molecule has 22 heavy (non-hydrogen) atoms. The van der Waals surface area contributed by atoms with Gasteiger partial charge in [-0.2, -0.15) is 0 Å². The van der Waals surface area contributed by atoms with Gasteiger partial charge in [0, 0.05) is 19.3 Å². The van der Waals surface area contributed by atoms with Crippen LogP contribution in [-0.4, -0.2) is 48.4 Å². The first-order chi connectivity index (χ1) is 10.7. The summed E-state index contributed by atoms with van der Waals surface area (Å²) in [4.78, 5) is 10.8. The lowest BCUT2D eigenvalue weighted by Crippen LogP contribution is -2.25. The molecule has 0 heterocycles. The van der Waals surface area contributed by atoms with E-state index in [1.54, 1.807) is 0 Å². The zero-order valence-electron chi connectivity index (χ0n) is 14.2. The van der Waals surface area contributed by atoms with Gasteiger partial charge in [-0.15, -0.1) is 0 Å². The molecule has 6 heteroatoms. The molecule has 0 aliphatic rings. The smallest absolute Gasteiger partial charge is 0.330 e. The van der Waals surface area contributed by atoms with Crippen LogP contribution >= 0.6 is 0 Å². The Morgan fingerprint density at radius 2 is 1.73 bits per heavy atom. The highest BCUT2D eigenvalue weighted by Gasteiger charge is 2.09. The van der Waals surface area contributed by atoms with Gasteiger partial charge in [0.05, 0.1) is 13.2 Å². The van der Waals surface area contributed by atoms with Gasteiger partial charge in [-0.25, -0.2) is 4.79 Å². The number of hydrogen-bond donors (Lipinski definition) is 0. The van der Waals surface area contributed by atoms with Crippen molar-refractivity contribution in [2.75, 3.05) is 26.4 Å². The van der Waals surface area contributed by atoms with E-state index in [-0.39, 0.29) is 12.3 Å². The summed E-state index contributed by atoms with van der Waals surface area (Å²) in [7, 11) is -0.617. The SMILES string of the molecule is C=CC(=O)OCCC[SiH2]OCC(OCCCC)OCCCC. The molecule has 0 unspecified atom stereocenters. The van der Waals surface area contributed by atoms with E-state index >= 15 is 0 Å². The van der Waals surface area contributed by atoms with Crippen LogP contribution in [0.15, 0.2) is 12.7 Å². The third kappa shape index (κ3) is 14.3. The van der Waals surface area contributed by atoms with E-state index in [2.05, 4.69) is 20.4 Å². The molecule has 0 amide bonds. The molecule has 0 atom stereocenters. The van der Waals surface area contributed by atoms with Gasteiger partial charge in [0.1, 0.15) is 0 Å². The molecule has 0 aromatic rings. The standard InChI is InChI=1S/C16H32O5Si/c1-4-7-10-19-16(20-11-8-5-2)14-21-22-13-9-12-18-15(17)6-3/h6,16H,3-5,7-14,22H2,1-2H3. The number of rotatable bonds is 16. The highest BCUT2D eigenvalue weighted by Crippen LogP contribution is 2.02. The minimum Gasteiger partial charge on any atom is -0.463 e. The van der Waals surface area contributed by atoms with Crippen molar-refractivity contribution >= 4 is 15.7 Å². The van der Waals surface area contributed by atoms with E-state index in [1.807, 2.05) is 0 Å². The van der Waals surface area contributed by atoms with Crippen LogP contribution in [0.25, 0.3) is 0 Å². The molecule has 130 valence electrons. The molecule has 0 saturated carbocycles. The summed E-state index contributed by atoms with van der Waals surface area (Å²) < 4.78 is 22.0. The molecule has 0 aromatic heterocycles. The monoisotopic (exact) mass is 332 g/mol. The fourth-order valence-corrected chi connectivity index (χ4v) is 2.55. The zero-order chi connectivity index (χ0) is 16.5. The molecule has 0 radical (unpaired) electrons. The third-order valence-electron chi connectivity index (χ3n) is 2.95. The molecule has 0 spiro atoms. The van der Waals surface area contributed by atoms with Crippen molar-refractivity contribution in [2.45, 2.75) is 58.3 Å².